The zero-order valence-electron chi connectivity index (χ0n) is 20.4. The molecule has 8 heteroatoms. The first-order chi connectivity index (χ1) is 16.8. The molecule has 0 bridgehead atoms. The number of benzene rings is 2. The highest BCUT2D eigenvalue weighted by atomic mass is 35.5. The minimum Gasteiger partial charge on any atom is -0.378 e. The summed E-state index contributed by atoms with van der Waals surface area (Å²) >= 11 is 6.09. The van der Waals surface area contributed by atoms with Gasteiger partial charge in [0.25, 0.3) is 0 Å². The van der Waals surface area contributed by atoms with Gasteiger partial charge in [-0.05, 0) is 74.7 Å². The molecule has 1 fully saturated rings. The molecule has 0 saturated carbocycles. The van der Waals surface area contributed by atoms with E-state index in [9.17, 15) is 0 Å². The molecule has 0 radical (unpaired) electrons. The lowest BCUT2D eigenvalue weighted by atomic mass is 9.97. The molecule has 0 amide bonds. The van der Waals surface area contributed by atoms with Gasteiger partial charge in [0.05, 0.1) is 24.0 Å². The molecular formula is C27H32ClN7. The van der Waals surface area contributed by atoms with Gasteiger partial charge in [-0.1, -0.05) is 17.7 Å². The van der Waals surface area contributed by atoms with E-state index in [1.165, 1.54) is 0 Å². The summed E-state index contributed by atoms with van der Waals surface area (Å²) in [5.74, 6) is 0.795. The summed E-state index contributed by atoms with van der Waals surface area (Å²) in [6.07, 6.45) is 5.43. The van der Waals surface area contributed by atoms with Crippen molar-refractivity contribution < 1.29 is 0 Å². The van der Waals surface area contributed by atoms with Crippen molar-refractivity contribution in [1.29, 1.82) is 10.8 Å². The van der Waals surface area contributed by atoms with E-state index in [2.05, 4.69) is 52.2 Å². The number of hydrogen-bond donors (Lipinski definition) is 3. The largest absolute Gasteiger partial charge is 0.378 e. The van der Waals surface area contributed by atoms with Gasteiger partial charge in [0.15, 0.2) is 0 Å². The third-order valence-electron chi connectivity index (χ3n) is 7.03. The first kappa shape index (κ1) is 23.6. The summed E-state index contributed by atoms with van der Waals surface area (Å²) in [5.41, 5.74) is 5.12. The molecule has 0 spiro atoms. The number of fused-ring (bicyclic) bond motifs is 1. The zero-order valence-corrected chi connectivity index (χ0v) is 21.2. The Morgan fingerprint density at radius 2 is 1.86 bits per heavy atom. The molecule has 182 valence electrons. The summed E-state index contributed by atoms with van der Waals surface area (Å²) in [5, 5.41) is 26.0. The van der Waals surface area contributed by atoms with E-state index in [0.717, 1.165) is 47.6 Å². The van der Waals surface area contributed by atoms with Crippen molar-refractivity contribution in [2.75, 3.05) is 23.3 Å². The Kier molecular flexibility index (Phi) is 6.38. The van der Waals surface area contributed by atoms with Gasteiger partial charge in [0.2, 0.25) is 0 Å². The number of aromatic nitrogens is 2. The fourth-order valence-electron chi connectivity index (χ4n) is 4.95. The Morgan fingerprint density at radius 1 is 1.11 bits per heavy atom. The molecule has 1 unspecified atom stereocenters. The molecule has 3 N–H and O–H groups in total. The van der Waals surface area contributed by atoms with Crippen molar-refractivity contribution in [2.45, 2.75) is 51.7 Å². The molecule has 2 aliphatic rings. The Morgan fingerprint density at radius 3 is 2.54 bits per heavy atom. The third kappa shape index (κ3) is 4.70. The lowest BCUT2D eigenvalue weighted by Crippen LogP contribution is -2.50. The molecule has 2 aromatic carbocycles. The molecule has 5 rings (SSSR count). The van der Waals surface area contributed by atoms with Crippen LogP contribution in [0.2, 0.25) is 5.02 Å². The first-order valence-electron chi connectivity index (χ1n) is 12.2. The normalized spacial score (nSPS) is 18.8. The average Bonchev–Trinajstić information content (AvgIpc) is 3.21. The van der Waals surface area contributed by atoms with E-state index in [1.807, 2.05) is 36.5 Å². The molecular weight excluding hydrogens is 458 g/mol. The van der Waals surface area contributed by atoms with E-state index in [-0.39, 0.29) is 6.04 Å². The number of nitrogens with zero attached hydrogens (tertiary/aromatic N) is 4. The predicted molar refractivity (Wildman–Crippen MR) is 144 cm³/mol. The van der Waals surface area contributed by atoms with Crippen molar-refractivity contribution in [3.8, 4) is 11.1 Å². The molecule has 3 heterocycles. The van der Waals surface area contributed by atoms with Crippen LogP contribution in [-0.2, 0) is 0 Å². The Labute approximate surface area is 211 Å². The van der Waals surface area contributed by atoms with E-state index in [0.29, 0.717) is 35.2 Å². The van der Waals surface area contributed by atoms with Crippen molar-refractivity contribution in [3.63, 3.8) is 0 Å². The van der Waals surface area contributed by atoms with Crippen molar-refractivity contribution in [1.82, 2.24) is 14.7 Å². The number of halogens is 1. The fourth-order valence-corrected chi connectivity index (χ4v) is 5.08. The van der Waals surface area contributed by atoms with Gasteiger partial charge >= 0.3 is 0 Å². The highest BCUT2D eigenvalue weighted by molar-refractivity contribution is 6.30. The topological polar surface area (TPSA) is 84.0 Å². The van der Waals surface area contributed by atoms with E-state index in [4.69, 9.17) is 22.4 Å². The predicted octanol–water partition coefficient (Wildman–Crippen LogP) is 6.20. The first-order valence-corrected chi connectivity index (χ1v) is 12.6. The van der Waals surface area contributed by atoms with Gasteiger partial charge in [0, 0.05) is 48.0 Å². The number of nitrogens with one attached hydrogen (secondary N) is 3. The van der Waals surface area contributed by atoms with Crippen LogP contribution in [-0.4, -0.2) is 45.5 Å². The van der Waals surface area contributed by atoms with Gasteiger partial charge in [-0.2, -0.15) is 5.10 Å². The number of likely N-dealkylation sites (tertiary alicyclic amines) is 1. The minimum atomic E-state index is -0.00268. The van der Waals surface area contributed by atoms with Crippen LogP contribution in [0.4, 0.5) is 11.4 Å². The summed E-state index contributed by atoms with van der Waals surface area (Å²) in [4.78, 5) is 4.20. The van der Waals surface area contributed by atoms with Gasteiger partial charge in [-0.15, -0.1) is 0 Å². The zero-order chi connectivity index (χ0) is 24.7. The Hall–Kier alpha value is -3.16. The second-order valence-corrected chi connectivity index (χ2v) is 10.2. The highest BCUT2D eigenvalue weighted by Crippen LogP contribution is 2.39. The maximum atomic E-state index is 8.61. The fraction of sp³-hybridized carbons (Fsp3) is 0.370. The Bertz CT molecular complexity index is 1240. The molecule has 7 nitrogen and oxygen atoms in total. The van der Waals surface area contributed by atoms with E-state index < -0.39 is 0 Å². The van der Waals surface area contributed by atoms with Crippen LogP contribution in [0.3, 0.4) is 0 Å². The molecule has 0 aliphatic carbocycles. The van der Waals surface area contributed by atoms with Gasteiger partial charge < -0.3 is 5.32 Å². The number of rotatable bonds is 5. The van der Waals surface area contributed by atoms with Crippen molar-refractivity contribution >= 4 is 34.6 Å². The van der Waals surface area contributed by atoms with Crippen LogP contribution in [0.25, 0.3) is 11.1 Å². The smallest absolute Gasteiger partial charge is 0.106 e. The minimum absolute atomic E-state index is 0.00268. The third-order valence-corrected chi connectivity index (χ3v) is 7.29. The molecule has 2 aliphatic heterocycles. The van der Waals surface area contributed by atoms with Crippen molar-refractivity contribution in [2.24, 2.45) is 0 Å². The summed E-state index contributed by atoms with van der Waals surface area (Å²) in [6, 6.07) is 15.0. The second-order valence-electron chi connectivity index (χ2n) is 9.79. The highest BCUT2D eigenvalue weighted by Gasteiger charge is 2.31. The van der Waals surface area contributed by atoms with Crippen LogP contribution < -0.4 is 10.2 Å². The molecule has 35 heavy (non-hydrogen) atoms. The van der Waals surface area contributed by atoms with Gasteiger partial charge in [-0.25, -0.2) is 0 Å². The average molecular weight is 490 g/mol. The molecule has 1 saturated heterocycles. The van der Waals surface area contributed by atoms with E-state index >= 15 is 0 Å². The van der Waals surface area contributed by atoms with Crippen LogP contribution in [0, 0.1) is 10.8 Å². The Balaban J connectivity index is 1.48. The van der Waals surface area contributed by atoms with Crippen LogP contribution in [0.5, 0.6) is 0 Å². The lowest BCUT2D eigenvalue weighted by molar-refractivity contribution is 0.0675. The van der Waals surface area contributed by atoms with E-state index in [1.54, 1.807) is 11.8 Å². The van der Waals surface area contributed by atoms with Crippen LogP contribution in [0.15, 0.2) is 54.9 Å². The van der Waals surface area contributed by atoms with Gasteiger partial charge in [0.1, 0.15) is 11.7 Å². The van der Waals surface area contributed by atoms with Crippen molar-refractivity contribution in [3.05, 3.63) is 65.4 Å². The standard InChI is InChI=1S/C27H32ClN7/c1-17(2)33-15-23(16-33)34-14-20(13-31-34)19-4-10-26-24(12-19)25(9-11-27(30)35(26)18(3)29)32-22-7-5-21(28)6-8-22/h4-8,10,12-14,17,23,25,29-30,32H,9,11,15-16H2,1-3H3. The second kappa shape index (κ2) is 9.47. The monoisotopic (exact) mass is 489 g/mol. The number of anilines is 2. The van der Waals surface area contributed by atoms with Crippen LogP contribution >= 0.6 is 11.6 Å². The molecule has 1 aromatic heterocycles. The lowest BCUT2D eigenvalue weighted by Gasteiger charge is -2.41. The maximum absolute atomic E-state index is 8.61. The number of amidine groups is 2. The summed E-state index contributed by atoms with van der Waals surface area (Å²) in [7, 11) is 0. The number of hydrogen-bond acceptors (Lipinski definition) is 5. The summed E-state index contributed by atoms with van der Waals surface area (Å²) in [6.45, 7) is 8.27. The summed E-state index contributed by atoms with van der Waals surface area (Å²) < 4.78 is 2.09. The molecule has 3 aromatic rings. The quantitative estimate of drug-likeness (QED) is 0.294. The maximum Gasteiger partial charge on any atom is 0.106 e. The SMILES string of the molecule is CC(=N)N1C(=N)CCC(Nc2ccc(Cl)cc2)c2cc(-c3cnn(C4CN(C(C)C)C4)c3)ccc21. The van der Waals surface area contributed by atoms with Crippen LogP contribution in [0.1, 0.15) is 51.3 Å². The molecule has 1 atom stereocenters. The van der Waals surface area contributed by atoms with Gasteiger partial charge in [-0.3, -0.25) is 25.3 Å².